The molecule has 0 spiro atoms. The van der Waals surface area contributed by atoms with Crippen molar-refractivity contribution in [3.63, 3.8) is 0 Å². The van der Waals surface area contributed by atoms with E-state index in [0.717, 1.165) is 12.8 Å². The summed E-state index contributed by atoms with van der Waals surface area (Å²) in [6, 6.07) is 5.51. The Hall–Kier alpha value is -2.37. The summed E-state index contributed by atoms with van der Waals surface area (Å²) in [6.07, 6.45) is 1.68. The van der Waals surface area contributed by atoms with Crippen LogP contribution in [0.2, 0.25) is 0 Å². The topological polar surface area (TPSA) is 88.0 Å². The van der Waals surface area contributed by atoms with Crippen LogP contribution in [-0.4, -0.2) is 29.4 Å². The Kier molecular flexibility index (Phi) is 6.22. The zero-order valence-corrected chi connectivity index (χ0v) is 11.5. The fraction of sp³-hybridized carbons (Fsp3) is 0.357. The van der Waals surface area contributed by atoms with Crippen molar-refractivity contribution in [2.75, 3.05) is 11.9 Å². The first kappa shape index (κ1) is 15.7. The number of hydrogen-bond acceptors (Lipinski definition) is 4. The van der Waals surface area contributed by atoms with E-state index >= 15 is 0 Å². The molecule has 2 N–H and O–H groups in total. The minimum atomic E-state index is -0.739. The normalized spacial score (nSPS) is 11.0. The SMILES string of the molecule is CCCCOC(=O)C(C)=NC(=O)Nc1ccccc1O. The first-order valence-corrected chi connectivity index (χ1v) is 6.36. The third kappa shape index (κ3) is 5.09. The van der Waals surface area contributed by atoms with Crippen molar-refractivity contribution in [1.29, 1.82) is 0 Å². The highest BCUT2D eigenvalue weighted by Crippen LogP contribution is 2.21. The molecule has 0 radical (unpaired) electrons. The van der Waals surface area contributed by atoms with Gasteiger partial charge in [0, 0.05) is 0 Å². The van der Waals surface area contributed by atoms with Gasteiger partial charge < -0.3 is 15.2 Å². The smallest absolute Gasteiger partial charge is 0.352 e. The van der Waals surface area contributed by atoms with Crippen LogP contribution < -0.4 is 5.32 Å². The molecule has 1 rings (SSSR count). The van der Waals surface area contributed by atoms with Crippen LogP contribution in [0.15, 0.2) is 29.3 Å². The van der Waals surface area contributed by atoms with Crippen LogP contribution in [0.3, 0.4) is 0 Å². The summed E-state index contributed by atoms with van der Waals surface area (Å²) in [5.41, 5.74) is 0.197. The molecule has 0 fully saturated rings. The number of nitrogens with one attached hydrogen (secondary N) is 1. The monoisotopic (exact) mass is 278 g/mol. The zero-order valence-electron chi connectivity index (χ0n) is 11.5. The fourth-order valence-electron chi connectivity index (χ4n) is 1.33. The number of aliphatic imine (C=N–C) groups is 1. The molecule has 0 saturated carbocycles. The van der Waals surface area contributed by atoms with Gasteiger partial charge in [0.1, 0.15) is 11.5 Å². The maximum Gasteiger partial charge on any atom is 0.352 e. The second-order valence-corrected chi connectivity index (χ2v) is 4.13. The number of benzene rings is 1. The predicted molar refractivity (Wildman–Crippen MR) is 76.1 cm³/mol. The van der Waals surface area contributed by atoms with E-state index in [1.54, 1.807) is 12.1 Å². The summed E-state index contributed by atoms with van der Waals surface area (Å²) in [7, 11) is 0. The number of urea groups is 1. The van der Waals surface area contributed by atoms with E-state index in [4.69, 9.17) is 4.74 Å². The molecule has 0 saturated heterocycles. The number of hydrogen-bond donors (Lipinski definition) is 2. The van der Waals surface area contributed by atoms with Crippen LogP contribution in [0, 0.1) is 0 Å². The van der Waals surface area contributed by atoms with Gasteiger partial charge in [-0.25, -0.2) is 9.59 Å². The Bertz CT molecular complexity index is 512. The first-order valence-electron chi connectivity index (χ1n) is 6.36. The van der Waals surface area contributed by atoms with Crippen molar-refractivity contribution in [2.24, 2.45) is 4.99 Å². The van der Waals surface area contributed by atoms with Gasteiger partial charge in [-0.05, 0) is 25.5 Å². The minimum absolute atomic E-state index is 0.0333. The molecular weight excluding hydrogens is 260 g/mol. The number of para-hydroxylation sites is 2. The van der Waals surface area contributed by atoms with Crippen molar-refractivity contribution in [1.82, 2.24) is 0 Å². The van der Waals surface area contributed by atoms with Gasteiger partial charge in [0.2, 0.25) is 0 Å². The van der Waals surface area contributed by atoms with Crippen molar-refractivity contribution >= 4 is 23.4 Å². The average Bonchev–Trinajstić information content (AvgIpc) is 2.41. The number of phenolic OH excluding ortho intramolecular Hbond substituents is 1. The number of phenols is 1. The van der Waals surface area contributed by atoms with Gasteiger partial charge in [-0.15, -0.1) is 0 Å². The predicted octanol–water partition coefficient (Wildman–Crippen LogP) is 2.73. The van der Waals surface area contributed by atoms with E-state index < -0.39 is 12.0 Å². The van der Waals surface area contributed by atoms with E-state index in [1.807, 2.05) is 6.92 Å². The maximum absolute atomic E-state index is 11.6. The second kappa shape index (κ2) is 7.93. The number of anilines is 1. The molecule has 2 amide bonds. The second-order valence-electron chi connectivity index (χ2n) is 4.13. The standard InChI is InChI=1S/C14H18N2O4/c1-3-4-9-20-13(18)10(2)15-14(19)16-11-7-5-6-8-12(11)17/h5-8,17H,3-4,9H2,1-2H3,(H,16,19). The molecule has 6 nitrogen and oxygen atoms in total. The summed E-state index contributed by atoms with van der Waals surface area (Å²) < 4.78 is 4.92. The minimum Gasteiger partial charge on any atom is -0.506 e. The lowest BCUT2D eigenvalue weighted by Gasteiger charge is -2.05. The Labute approximate surface area is 117 Å². The highest BCUT2D eigenvalue weighted by atomic mass is 16.5. The molecule has 0 aliphatic carbocycles. The fourth-order valence-corrected chi connectivity index (χ4v) is 1.33. The Balaban J connectivity index is 2.57. The number of unbranched alkanes of at least 4 members (excludes halogenated alkanes) is 1. The first-order chi connectivity index (χ1) is 9.54. The van der Waals surface area contributed by atoms with Crippen molar-refractivity contribution in [3.05, 3.63) is 24.3 Å². The Morgan fingerprint density at radius 3 is 2.70 bits per heavy atom. The number of carbonyl (C=O) groups is 2. The number of nitrogens with zero attached hydrogens (tertiary/aromatic N) is 1. The summed E-state index contributed by atoms with van der Waals surface area (Å²) >= 11 is 0. The third-order valence-electron chi connectivity index (χ3n) is 2.44. The molecule has 0 bridgehead atoms. The van der Waals surface area contributed by atoms with Crippen LogP contribution in [0.25, 0.3) is 0 Å². The number of esters is 1. The van der Waals surface area contributed by atoms with Crippen LogP contribution in [-0.2, 0) is 9.53 Å². The Morgan fingerprint density at radius 2 is 2.05 bits per heavy atom. The van der Waals surface area contributed by atoms with Crippen LogP contribution in [0.1, 0.15) is 26.7 Å². The lowest BCUT2D eigenvalue weighted by Crippen LogP contribution is -2.18. The van der Waals surface area contributed by atoms with Crippen LogP contribution >= 0.6 is 0 Å². The number of amides is 2. The molecule has 0 unspecified atom stereocenters. The van der Waals surface area contributed by atoms with Gasteiger partial charge in [-0.1, -0.05) is 25.5 Å². The summed E-state index contributed by atoms with van der Waals surface area (Å²) in [6.45, 7) is 3.69. The molecule has 108 valence electrons. The summed E-state index contributed by atoms with van der Waals surface area (Å²) in [4.78, 5) is 26.7. The molecule has 1 aromatic carbocycles. The molecule has 0 aliphatic heterocycles. The van der Waals surface area contributed by atoms with E-state index in [9.17, 15) is 14.7 Å². The largest absolute Gasteiger partial charge is 0.506 e. The zero-order chi connectivity index (χ0) is 15.0. The van der Waals surface area contributed by atoms with Gasteiger partial charge in [-0.3, -0.25) is 0 Å². The molecule has 20 heavy (non-hydrogen) atoms. The number of ether oxygens (including phenoxy) is 1. The third-order valence-corrected chi connectivity index (χ3v) is 2.44. The highest BCUT2D eigenvalue weighted by Gasteiger charge is 2.10. The quantitative estimate of drug-likeness (QED) is 0.375. The number of aromatic hydroxyl groups is 1. The number of carbonyl (C=O) groups excluding carboxylic acids is 2. The maximum atomic E-state index is 11.6. The lowest BCUT2D eigenvalue weighted by atomic mass is 10.3. The number of rotatable bonds is 5. The highest BCUT2D eigenvalue weighted by molar-refractivity contribution is 6.37. The van der Waals surface area contributed by atoms with Gasteiger partial charge in [-0.2, -0.15) is 4.99 Å². The Morgan fingerprint density at radius 1 is 1.35 bits per heavy atom. The van der Waals surface area contributed by atoms with Crippen molar-refractivity contribution < 1.29 is 19.4 Å². The molecule has 0 heterocycles. The van der Waals surface area contributed by atoms with E-state index in [-0.39, 0.29) is 17.1 Å². The molecule has 6 heteroatoms. The lowest BCUT2D eigenvalue weighted by molar-refractivity contribution is -0.135. The molecular formula is C14H18N2O4. The average molecular weight is 278 g/mol. The van der Waals surface area contributed by atoms with Crippen LogP contribution in [0.5, 0.6) is 5.75 Å². The van der Waals surface area contributed by atoms with E-state index in [0.29, 0.717) is 6.61 Å². The molecule has 0 aromatic heterocycles. The molecule has 1 aromatic rings. The van der Waals surface area contributed by atoms with Gasteiger partial charge in [0.15, 0.2) is 0 Å². The summed E-state index contributed by atoms with van der Waals surface area (Å²) in [5, 5.41) is 11.9. The van der Waals surface area contributed by atoms with E-state index in [1.165, 1.54) is 19.1 Å². The van der Waals surface area contributed by atoms with Gasteiger partial charge >= 0.3 is 12.0 Å². The van der Waals surface area contributed by atoms with E-state index in [2.05, 4.69) is 10.3 Å². The van der Waals surface area contributed by atoms with Gasteiger partial charge in [0.05, 0.1) is 12.3 Å². The van der Waals surface area contributed by atoms with Gasteiger partial charge in [0.25, 0.3) is 0 Å². The molecule has 0 atom stereocenters. The molecule has 0 aliphatic rings. The van der Waals surface area contributed by atoms with Crippen LogP contribution in [0.4, 0.5) is 10.5 Å². The summed E-state index contributed by atoms with van der Waals surface area (Å²) in [5.74, 6) is -0.690. The van der Waals surface area contributed by atoms with Crippen molar-refractivity contribution in [2.45, 2.75) is 26.7 Å². The van der Waals surface area contributed by atoms with Crippen molar-refractivity contribution in [3.8, 4) is 5.75 Å².